The third-order valence-corrected chi connectivity index (χ3v) is 4.06. The summed E-state index contributed by atoms with van der Waals surface area (Å²) in [5.74, 6) is 1.30. The fourth-order valence-corrected chi connectivity index (χ4v) is 2.84. The van der Waals surface area contributed by atoms with Crippen molar-refractivity contribution >= 4 is 0 Å². The number of aliphatic hydroxyl groups is 1. The molecule has 0 bridgehead atoms. The van der Waals surface area contributed by atoms with Crippen LogP contribution in [0.15, 0.2) is 34.9 Å². The molecule has 1 heterocycles. The van der Waals surface area contributed by atoms with E-state index >= 15 is 0 Å². The highest BCUT2D eigenvalue weighted by molar-refractivity contribution is 5.53. The molecule has 0 spiro atoms. The van der Waals surface area contributed by atoms with E-state index in [1.807, 2.05) is 12.1 Å². The minimum absolute atomic E-state index is 0.0800. The molecule has 4 nitrogen and oxygen atoms in total. The molecule has 112 valence electrons. The van der Waals surface area contributed by atoms with Crippen LogP contribution < -0.4 is 0 Å². The molecular weight excluding hydrogens is 264 g/mol. The topological polar surface area (TPSA) is 49.5 Å². The lowest BCUT2D eigenvalue weighted by Crippen LogP contribution is -2.36. The second kappa shape index (κ2) is 6.00. The summed E-state index contributed by atoms with van der Waals surface area (Å²) >= 11 is 0. The minimum Gasteiger partial charge on any atom is -0.444 e. The van der Waals surface area contributed by atoms with E-state index in [9.17, 15) is 5.11 Å². The van der Waals surface area contributed by atoms with Crippen LogP contribution in [0.2, 0.25) is 0 Å². The van der Waals surface area contributed by atoms with Gasteiger partial charge in [-0.15, -0.1) is 0 Å². The molecule has 0 saturated heterocycles. The largest absolute Gasteiger partial charge is 0.444 e. The fraction of sp³-hybridized carbons (Fsp3) is 0.471. The second-order valence-corrected chi connectivity index (χ2v) is 6.20. The predicted molar refractivity (Wildman–Crippen MR) is 81.7 cm³/mol. The Kier molecular flexibility index (Phi) is 4.08. The first-order valence-electron chi connectivity index (χ1n) is 7.48. The first-order valence-corrected chi connectivity index (χ1v) is 7.48. The molecule has 4 heteroatoms. The Morgan fingerprint density at radius 2 is 2.00 bits per heavy atom. The maximum absolute atomic E-state index is 9.32. The normalized spacial score (nSPS) is 21.5. The molecule has 21 heavy (non-hydrogen) atoms. The fourth-order valence-electron chi connectivity index (χ4n) is 2.84. The van der Waals surface area contributed by atoms with Crippen molar-refractivity contribution in [2.45, 2.75) is 32.4 Å². The van der Waals surface area contributed by atoms with Crippen molar-refractivity contribution in [3.8, 4) is 11.5 Å². The summed E-state index contributed by atoms with van der Waals surface area (Å²) in [5, 5.41) is 9.32. The van der Waals surface area contributed by atoms with Crippen LogP contribution in [0, 0.1) is 12.8 Å². The van der Waals surface area contributed by atoms with E-state index in [4.69, 9.17) is 4.42 Å². The van der Waals surface area contributed by atoms with Gasteiger partial charge in [-0.3, -0.25) is 0 Å². The Morgan fingerprint density at radius 1 is 1.29 bits per heavy atom. The van der Waals surface area contributed by atoms with Crippen molar-refractivity contribution in [3.63, 3.8) is 0 Å². The van der Waals surface area contributed by atoms with Gasteiger partial charge in [-0.05, 0) is 44.9 Å². The zero-order valence-electron chi connectivity index (χ0n) is 12.6. The molecular formula is C17H22N2O2. The van der Waals surface area contributed by atoms with E-state index in [2.05, 4.69) is 36.0 Å². The van der Waals surface area contributed by atoms with Crippen molar-refractivity contribution in [2.75, 3.05) is 13.6 Å². The summed E-state index contributed by atoms with van der Waals surface area (Å²) in [6, 6.07) is 8.19. The Morgan fingerprint density at radius 3 is 2.67 bits per heavy atom. The molecule has 0 atom stereocenters. The van der Waals surface area contributed by atoms with Gasteiger partial charge in [0.15, 0.2) is 0 Å². The third-order valence-electron chi connectivity index (χ3n) is 4.06. The van der Waals surface area contributed by atoms with Gasteiger partial charge in [-0.25, -0.2) is 4.98 Å². The molecule has 1 aliphatic carbocycles. The third kappa shape index (κ3) is 3.52. The predicted octanol–water partition coefficient (Wildman–Crippen LogP) is 2.85. The van der Waals surface area contributed by atoms with Gasteiger partial charge in [0, 0.05) is 18.7 Å². The average Bonchev–Trinajstić information content (AvgIpc) is 2.86. The summed E-state index contributed by atoms with van der Waals surface area (Å²) in [6.45, 7) is 3.85. The van der Waals surface area contributed by atoms with E-state index in [1.54, 1.807) is 6.26 Å². The molecule has 1 N–H and O–H groups in total. The van der Waals surface area contributed by atoms with E-state index in [-0.39, 0.29) is 6.10 Å². The lowest BCUT2D eigenvalue weighted by Gasteiger charge is -2.34. The maximum atomic E-state index is 9.32. The van der Waals surface area contributed by atoms with E-state index in [0.29, 0.717) is 11.8 Å². The number of aromatic nitrogens is 1. The molecule has 0 amide bonds. The van der Waals surface area contributed by atoms with Crippen LogP contribution in [0.5, 0.6) is 0 Å². The zero-order chi connectivity index (χ0) is 14.8. The smallest absolute Gasteiger partial charge is 0.226 e. The quantitative estimate of drug-likeness (QED) is 0.918. The van der Waals surface area contributed by atoms with Crippen molar-refractivity contribution in [3.05, 3.63) is 41.8 Å². The number of aliphatic hydroxyl groups excluding tert-OH is 1. The van der Waals surface area contributed by atoms with Crippen LogP contribution in [0.25, 0.3) is 11.5 Å². The van der Waals surface area contributed by atoms with E-state index in [1.165, 1.54) is 5.56 Å². The Labute approximate surface area is 125 Å². The SMILES string of the molecule is Cc1ccc(-c2nc(CN(C)CC3CC(O)C3)co2)cc1. The van der Waals surface area contributed by atoms with Gasteiger partial charge in [0.2, 0.25) is 5.89 Å². The van der Waals surface area contributed by atoms with Gasteiger partial charge in [-0.1, -0.05) is 17.7 Å². The lowest BCUT2D eigenvalue weighted by atomic mass is 9.82. The standard InChI is InChI=1S/C17H22N2O2/c1-12-3-5-14(6-4-12)17-18-15(11-21-17)10-19(2)9-13-7-16(20)8-13/h3-6,11,13,16,20H,7-10H2,1-2H3. The lowest BCUT2D eigenvalue weighted by molar-refractivity contribution is 0.0272. The van der Waals surface area contributed by atoms with Crippen molar-refractivity contribution < 1.29 is 9.52 Å². The van der Waals surface area contributed by atoms with Gasteiger partial charge in [0.25, 0.3) is 0 Å². The van der Waals surface area contributed by atoms with E-state index < -0.39 is 0 Å². The highest BCUT2D eigenvalue weighted by Gasteiger charge is 2.27. The number of rotatable bonds is 5. The van der Waals surface area contributed by atoms with Crippen molar-refractivity contribution in [1.82, 2.24) is 9.88 Å². The van der Waals surface area contributed by atoms with Crippen LogP contribution in [0.4, 0.5) is 0 Å². The Hall–Kier alpha value is -1.65. The van der Waals surface area contributed by atoms with Gasteiger partial charge < -0.3 is 14.4 Å². The molecule has 1 saturated carbocycles. The molecule has 0 radical (unpaired) electrons. The van der Waals surface area contributed by atoms with Gasteiger partial charge in [0.05, 0.1) is 11.8 Å². The summed E-state index contributed by atoms with van der Waals surface area (Å²) in [6.07, 6.45) is 3.51. The highest BCUT2D eigenvalue weighted by Crippen LogP contribution is 2.28. The number of hydrogen-bond acceptors (Lipinski definition) is 4. The maximum Gasteiger partial charge on any atom is 0.226 e. The summed E-state index contributed by atoms with van der Waals surface area (Å²) < 4.78 is 5.58. The van der Waals surface area contributed by atoms with Crippen LogP contribution >= 0.6 is 0 Å². The molecule has 0 aliphatic heterocycles. The zero-order valence-corrected chi connectivity index (χ0v) is 12.6. The summed E-state index contributed by atoms with van der Waals surface area (Å²) in [4.78, 5) is 6.80. The van der Waals surface area contributed by atoms with Crippen LogP contribution in [-0.4, -0.2) is 34.7 Å². The molecule has 2 aromatic rings. The summed E-state index contributed by atoms with van der Waals surface area (Å²) in [7, 11) is 2.09. The first kappa shape index (κ1) is 14.3. The van der Waals surface area contributed by atoms with Gasteiger partial charge >= 0.3 is 0 Å². The number of benzene rings is 1. The second-order valence-electron chi connectivity index (χ2n) is 6.20. The van der Waals surface area contributed by atoms with Gasteiger partial charge in [0.1, 0.15) is 6.26 Å². The number of nitrogens with zero attached hydrogens (tertiary/aromatic N) is 2. The monoisotopic (exact) mass is 286 g/mol. The van der Waals surface area contributed by atoms with Crippen molar-refractivity contribution in [1.29, 1.82) is 0 Å². The molecule has 1 aromatic heterocycles. The van der Waals surface area contributed by atoms with Crippen LogP contribution in [0.3, 0.4) is 0 Å². The number of aryl methyl sites for hydroxylation is 1. The summed E-state index contributed by atoms with van der Waals surface area (Å²) in [5.41, 5.74) is 3.19. The van der Waals surface area contributed by atoms with Crippen LogP contribution in [-0.2, 0) is 6.54 Å². The Balaban J connectivity index is 1.58. The minimum atomic E-state index is -0.0800. The number of hydrogen-bond donors (Lipinski definition) is 1. The van der Waals surface area contributed by atoms with Crippen molar-refractivity contribution in [2.24, 2.45) is 5.92 Å². The first-order chi connectivity index (χ1) is 10.1. The highest BCUT2D eigenvalue weighted by atomic mass is 16.3. The molecule has 1 aliphatic rings. The average molecular weight is 286 g/mol. The number of oxazole rings is 1. The van der Waals surface area contributed by atoms with Crippen LogP contribution in [0.1, 0.15) is 24.1 Å². The molecule has 0 unspecified atom stereocenters. The Bertz CT molecular complexity index is 585. The van der Waals surface area contributed by atoms with Gasteiger partial charge in [-0.2, -0.15) is 0 Å². The molecule has 1 fully saturated rings. The molecule has 3 rings (SSSR count). The van der Waals surface area contributed by atoms with E-state index in [0.717, 1.165) is 37.2 Å². The molecule has 1 aromatic carbocycles.